The summed E-state index contributed by atoms with van der Waals surface area (Å²) in [5.74, 6) is 0. The summed E-state index contributed by atoms with van der Waals surface area (Å²) >= 11 is 5.61. The van der Waals surface area contributed by atoms with Crippen LogP contribution >= 0.6 is 33.0 Å². The molecule has 0 aromatic heterocycles. The van der Waals surface area contributed by atoms with Gasteiger partial charge in [-0.1, -0.05) is 11.6 Å². The van der Waals surface area contributed by atoms with E-state index < -0.39 is 18.3 Å². The van der Waals surface area contributed by atoms with E-state index in [0.29, 0.717) is 5.02 Å². The molecule has 0 saturated carbocycles. The zero-order chi connectivity index (χ0) is 14.6. The van der Waals surface area contributed by atoms with E-state index in [4.69, 9.17) is 25.8 Å². The first-order valence-corrected chi connectivity index (χ1v) is 9.10. The number of nitrogens with one attached hydrogen (secondary N) is 1. The fourth-order valence-corrected chi connectivity index (χ4v) is 1.89. The molecule has 0 amide bonds. The topological polar surface area (TPSA) is 106 Å². The third-order valence-corrected chi connectivity index (χ3v) is 3.25. The maximum Gasteiger partial charge on any atom is 0.317 e. The number of halogens is 3. The van der Waals surface area contributed by atoms with Gasteiger partial charge in [0.25, 0.3) is 0 Å². The van der Waals surface area contributed by atoms with Gasteiger partial charge in [-0.05, 0) is 25.2 Å². The number of hydrogen-bond donors (Lipinski definition) is 2. The Balaban J connectivity index is 0.000000494. The summed E-state index contributed by atoms with van der Waals surface area (Å²) in [4.78, 5) is 0.0411. The summed E-state index contributed by atoms with van der Waals surface area (Å²) in [5.41, 5.74) is 5.62. The van der Waals surface area contributed by atoms with Gasteiger partial charge in [-0.2, -0.15) is 8.42 Å². The van der Waals surface area contributed by atoms with Crippen LogP contribution in [0.4, 0.5) is 5.69 Å². The van der Waals surface area contributed by atoms with Crippen molar-refractivity contribution < 1.29 is 16.8 Å². The van der Waals surface area contributed by atoms with Crippen LogP contribution in [0.5, 0.6) is 0 Å². The third kappa shape index (κ3) is 7.24. The Labute approximate surface area is 119 Å². The molecule has 1 aromatic carbocycles. The van der Waals surface area contributed by atoms with Gasteiger partial charge in [0.15, 0.2) is 0 Å². The van der Waals surface area contributed by atoms with Crippen molar-refractivity contribution in [2.45, 2.75) is 4.90 Å². The van der Waals surface area contributed by atoms with E-state index in [1.54, 1.807) is 0 Å². The van der Waals surface area contributed by atoms with Crippen molar-refractivity contribution in [3.05, 3.63) is 23.2 Å². The van der Waals surface area contributed by atoms with Crippen LogP contribution in [0.1, 0.15) is 0 Å². The molecule has 0 aliphatic heterocycles. The Kier molecular flexibility index (Phi) is 6.69. The molecule has 0 heterocycles. The molecule has 6 nitrogen and oxygen atoms in total. The van der Waals surface area contributed by atoms with Crippen molar-refractivity contribution in [2.75, 3.05) is 12.8 Å². The molecule has 0 aliphatic rings. The molecule has 1 rings (SSSR count). The second kappa shape index (κ2) is 6.78. The van der Waals surface area contributed by atoms with Crippen molar-refractivity contribution in [3.8, 4) is 0 Å². The van der Waals surface area contributed by atoms with Gasteiger partial charge in [-0.3, -0.25) is 0 Å². The molecule has 18 heavy (non-hydrogen) atoms. The number of sulfonamides is 1. The SMILES string of the molecule is CNS(=O)(=O)c1ccc(Cl)cc1N.O=S(=O)(Cl)Cl. The predicted molar refractivity (Wildman–Crippen MR) is 72.7 cm³/mol. The van der Waals surface area contributed by atoms with Crippen molar-refractivity contribution in [3.63, 3.8) is 0 Å². The smallest absolute Gasteiger partial charge is 0.317 e. The molecule has 11 heteroatoms. The monoisotopic (exact) mass is 354 g/mol. The molecule has 3 N–H and O–H groups in total. The van der Waals surface area contributed by atoms with Gasteiger partial charge in [0.2, 0.25) is 10.0 Å². The van der Waals surface area contributed by atoms with Crippen LogP contribution in [0.15, 0.2) is 23.1 Å². The molecule has 1 aromatic rings. The fourth-order valence-electron chi connectivity index (χ4n) is 0.874. The lowest BCUT2D eigenvalue weighted by Crippen LogP contribution is -2.19. The average molecular weight is 356 g/mol. The van der Waals surface area contributed by atoms with E-state index in [-0.39, 0.29) is 10.6 Å². The number of benzene rings is 1. The highest BCUT2D eigenvalue weighted by Gasteiger charge is 2.14. The van der Waals surface area contributed by atoms with Crippen LogP contribution in [0, 0.1) is 0 Å². The lowest BCUT2D eigenvalue weighted by molar-refractivity contribution is 0.588. The molecule has 0 radical (unpaired) electrons. The van der Waals surface area contributed by atoms with Crippen molar-refractivity contribution in [1.82, 2.24) is 4.72 Å². The van der Waals surface area contributed by atoms with Crippen molar-refractivity contribution in [1.29, 1.82) is 0 Å². The summed E-state index contributed by atoms with van der Waals surface area (Å²) < 4.78 is 43.1. The first-order chi connectivity index (χ1) is 7.97. The molecule has 0 bridgehead atoms. The lowest BCUT2D eigenvalue weighted by Gasteiger charge is -2.05. The highest BCUT2D eigenvalue weighted by Crippen LogP contribution is 2.21. The van der Waals surface area contributed by atoms with Crippen molar-refractivity contribution in [2.24, 2.45) is 0 Å². The molecule has 0 fully saturated rings. The van der Waals surface area contributed by atoms with Gasteiger partial charge in [0, 0.05) is 26.4 Å². The normalized spacial score (nSPS) is 11.6. The van der Waals surface area contributed by atoms with Crippen molar-refractivity contribution >= 4 is 56.9 Å². The third-order valence-electron chi connectivity index (χ3n) is 1.53. The van der Waals surface area contributed by atoms with Crippen LogP contribution in [0.2, 0.25) is 5.02 Å². The van der Waals surface area contributed by atoms with Gasteiger partial charge < -0.3 is 5.73 Å². The highest BCUT2D eigenvalue weighted by atomic mass is 36.0. The first kappa shape index (κ1) is 17.8. The predicted octanol–water partition coefficient (Wildman–Crippen LogP) is 1.54. The van der Waals surface area contributed by atoms with E-state index in [1.807, 2.05) is 0 Å². The van der Waals surface area contributed by atoms with E-state index >= 15 is 0 Å². The zero-order valence-corrected chi connectivity index (χ0v) is 12.8. The van der Waals surface area contributed by atoms with E-state index in [2.05, 4.69) is 26.1 Å². The molecule has 0 unspecified atom stereocenters. The van der Waals surface area contributed by atoms with Gasteiger partial charge in [0.05, 0.1) is 5.69 Å². The van der Waals surface area contributed by atoms with Gasteiger partial charge >= 0.3 is 8.26 Å². The number of nitrogens with two attached hydrogens (primary N) is 1. The number of nitrogen functional groups attached to an aromatic ring is 1. The number of anilines is 1. The minimum atomic E-state index is -3.72. The van der Waals surface area contributed by atoms with Crippen LogP contribution < -0.4 is 10.5 Å². The maximum absolute atomic E-state index is 11.3. The Morgan fingerprint density at radius 3 is 1.94 bits per heavy atom. The van der Waals surface area contributed by atoms with Gasteiger partial charge in [-0.15, -0.1) is 0 Å². The average Bonchev–Trinajstić information content (AvgIpc) is 2.14. The van der Waals surface area contributed by atoms with Crippen LogP contribution in [0.25, 0.3) is 0 Å². The summed E-state index contributed by atoms with van der Waals surface area (Å²) in [6.45, 7) is 0. The second-order valence-corrected chi connectivity index (χ2v) is 8.73. The highest BCUT2D eigenvalue weighted by molar-refractivity contribution is 8.31. The fraction of sp³-hybridized carbons (Fsp3) is 0.143. The summed E-state index contributed by atoms with van der Waals surface area (Å²) in [5, 5.41) is 0.410. The van der Waals surface area contributed by atoms with Gasteiger partial charge in [0.1, 0.15) is 4.90 Å². The van der Waals surface area contributed by atoms with E-state index in [9.17, 15) is 8.42 Å². The second-order valence-electron chi connectivity index (χ2n) is 2.77. The Morgan fingerprint density at radius 2 is 1.61 bits per heavy atom. The molecular formula is C7H9Cl3N2O4S2. The van der Waals surface area contributed by atoms with E-state index in [1.165, 1.54) is 25.2 Å². The van der Waals surface area contributed by atoms with Crippen LogP contribution in [0.3, 0.4) is 0 Å². The quantitative estimate of drug-likeness (QED) is 0.618. The molecule has 0 spiro atoms. The van der Waals surface area contributed by atoms with Gasteiger partial charge in [-0.25, -0.2) is 13.1 Å². The minimum Gasteiger partial charge on any atom is -0.398 e. The maximum atomic E-state index is 11.3. The van der Waals surface area contributed by atoms with Crippen LogP contribution in [-0.2, 0) is 18.3 Å². The Bertz CT molecular complexity index is 608. The van der Waals surface area contributed by atoms with E-state index in [0.717, 1.165) is 0 Å². The Morgan fingerprint density at radius 1 is 1.17 bits per heavy atom. The molecule has 0 atom stereocenters. The number of rotatable bonds is 2. The lowest BCUT2D eigenvalue weighted by atomic mass is 10.3. The summed E-state index contributed by atoms with van der Waals surface area (Å²) in [7, 11) is 2.66. The minimum absolute atomic E-state index is 0.0411. The molecule has 0 aliphatic carbocycles. The van der Waals surface area contributed by atoms with Crippen LogP contribution in [-0.4, -0.2) is 23.9 Å². The summed E-state index contributed by atoms with van der Waals surface area (Å²) in [6.07, 6.45) is 0. The zero-order valence-electron chi connectivity index (χ0n) is 8.89. The largest absolute Gasteiger partial charge is 0.398 e. The standard InChI is InChI=1S/C7H9ClN2O2S.Cl2O2S/c1-10-13(11,12)7-3-2-5(8)4-6(7)9;1-5(2,3)4/h2-4,10H,9H2,1H3;. The summed E-state index contributed by atoms with van der Waals surface area (Å²) in [6, 6.07) is 4.23. The number of hydrogen-bond acceptors (Lipinski definition) is 5. The first-order valence-electron chi connectivity index (χ1n) is 4.10. The molecular weight excluding hydrogens is 347 g/mol. The molecule has 0 saturated heterocycles. The molecule has 104 valence electrons. The Hall–Kier alpha value is -0.250.